The highest BCUT2D eigenvalue weighted by Gasteiger charge is 2.35. The van der Waals surface area contributed by atoms with E-state index < -0.39 is 0 Å². The Labute approximate surface area is 153 Å². The van der Waals surface area contributed by atoms with Gasteiger partial charge in [-0.25, -0.2) is 5.32 Å². The van der Waals surface area contributed by atoms with E-state index in [1.54, 1.807) is 0 Å². The Hall–Kier alpha value is -0.300. The zero-order valence-corrected chi connectivity index (χ0v) is 16.8. The van der Waals surface area contributed by atoms with Crippen molar-refractivity contribution in [2.75, 3.05) is 7.05 Å². The minimum atomic E-state index is 0.417. The summed E-state index contributed by atoms with van der Waals surface area (Å²) in [4.78, 5) is 0. The molecule has 0 bridgehead atoms. The summed E-state index contributed by atoms with van der Waals surface area (Å²) in [7, 11) is 2.03. The third-order valence-corrected chi connectivity index (χ3v) is 5.91. The minimum absolute atomic E-state index is 0.417. The molecule has 0 unspecified atom stereocenters. The summed E-state index contributed by atoms with van der Waals surface area (Å²) >= 11 is 0. The fourth-order valence-corrected chi connectivity index (χ4v) is 3.87. The Bertz CT molecular complexity index is 285. The second kappa shape index (κ2) is 15.0. The fourth-order valence-electron chi connectivity index (χ4n) is 3.87. The van der Waals surface area contributed by atoms with Gasteiger partial charge in [-0.1, -0.05) is 83.3 Å². The standard InChI is InChI=1S/C23H44N/c1-3-4-5-6-7-8-9-10-11-12-13-14-15-16-17-18-20-23(24-2)21-19-22-23/h10-11H,3-9,12-22H2,1-2H3/b11-10+. The van der Waals surface area contributed by atoms with E-state index >= 15 is 0 Å². The second-order valence-electron chi connectivity index (χ2n) is 7.99. The Morgan fingerprint density at radius 3 is 1.67 bits per heavy atom. The van der Waals surface area contributed by atoms with Crippen molar-refractivity contribution in [3.8, 4) is 0 Å². The number of allylic oxidation sites excluding steroid dienone is 2. The highest BCUT2D eigenvalue weighted by molar-refractivity contribution is 4.94. The number of hydrogen-bond acceptors (Lipinski definition) is 0. The third kappa shape index (κ3) is 10.5. The van der Waals surface area contributed by atoms with Gasteiger partial charge in [0, 0.05) is 12.6 Å². The van der Waals surface area contributed by atoms with Gasteiger partial charge < -0.3 is 0 Å². The lowest BCUT2D eigenvalue weighted by Gasteiger charge is -2.40. The Balaban J connectivity index is 1.75. The molecule has 0 aromatic rings. The first-order valence-corrected chi connectivity index (χ1v) is 11.1. The summed E-state index contributed by atoms with van der Waals surface area (Å²) in [6.07, 6.45) is 29.9. The molecule has 1 heteroatoms. The molecule has 0 saturated heterocycles. The van der Waals surface area contributed by atoms with Crippen LogP contribution in [0.5, 0.6) is 0 Å². The van der Waals surface area contributed by atoms with E-state index in [0.717, 1.165) is 0 Å². The highest BCUT2D eigenvalue weighted by Crippen LogP contribution is 2.36. The molecule has 0 heterocycles. The molecule has 0 aromatic carbocycles. The normalized spacial score (nSPS) is 16.6. The molecule has 1 radical (unpaired) electrons. The number of unbranched alkanes of at least 4 members (excludes halogenated alkanes) is 12. The van der Waals surface area contributed by atoms with E-state index in [9.17, 15) is 0 Å². The molecule has 0 atom stereocenters. The van der Waals surface area contributed by atoms with E-state index in [2.05, 4.69) is 24.4 Å². The van der Waals surface area contributed by atoms with E-state index in [4.69, 9.17) is 0 Å². The van der Waals surface area contributed by atoms with Crippen LogP contribution in [-0.2, 0) is 0 Å². The average Bonchev–Trinajstić information content (AvgIpc) is 2.56. The topological polar surface area (TPSA) is 14.1 Å². The van der Waals surface area contributed by atoms with Crippen LogP contribution in [0.2, 0.25) is 0 Å². The Kier molecular flexibility index (Phi) is 13.6. The van der Waals surface area contributed by atoms with Crippen LogP contribution < -0.4 is 5.32 Å². The first-order chi connectivity index (χ1) is 11.8. The molecule has 1 saturated carbocycles. The van der Waals surface area contributed by atoms with Gasteiger partial charge in [0.1, 0.15) is 0 Å². The first-order valence-electron chi connectivity index (χ1n) is 11.1. The van der Waals surface area contributed by atoms with Crippen molar-refractivity contribution in [1.29, 1.82) is 0 Å². The number of nitrogens with zero attached hydrogens (tertiary/aromatic N) is 1. The second-order valence-corrected chi connectivity index (χ2v) is 7.99. The molecule has 0 aliphatic heterocycles. The first kappa shape index (κ1) is 21.7. The van der Waals surface area contributed by atoms with Gasteiger partial charge in [0.05, 0.1) is 0 Å². The van der Waals surface area contributed by atoms with Gasteiger partial charge in [-0.2, -0.15) is 0 Å². The van der Waals surface area contributed by atoms with E-state index in [0.29, 0.717) is 5.54 Å². The smallest absolute Gasteiger partial charge is 0.0353 e. The quantitative estimate of drug-likeness (QED) is 0.192. The SMILES string of the molecule is CCCCCCCC/C=C/CCCCCCCCC1([N]C)CCC1. The van der Waals surface area contributed by atoms with Crippen LogP contribution in [0.3, 0.4) is 0 Å². The maximum atomic E-state index is 4.62. The number of rotatable bonds is 17. The molecule has 141 valence electrons. The summed E-state index contributed by atoms with van der Waals surface area (Å²) in [6.45, 7) is 2.29. The maximum Gasteiger partial charge on any atom is 0.0353 e. The Morgan fingerprint density at radius 1 is 0.708 bits per heavy atom. The largest absolute Gasteiger partial charge is 0.238 e. The zero-order valence-electron chi connectivity index (χ0n) is 16.8. The Morgan fingerprint density at radius 2 is 1.21 bits per heavy atom. The van der Waals surface area contributed by atoms with E-state index in [-0.39, 0.29) is 0 Å². The van der Waals surface area contributed by atoms with E-state index in [1.165, 1.54) is 116 Å². The summed E-state index contributed by atoms with van der Waals surface area (Å²) in [5.74, 6) is 0. The lowest BCUT2D eigenvalue weighted by Crippen LogP contribution is -2.44. The van der Waals surface area contributed by atoms with Gasteiger partial charge in [-0.05, 0) is 51.4 Å². The van der Waals surface area contributed by atoms with Crippen LogP contribution in [-0.4, -0.2) is 12.6 Å². The van der Waals surface area contributed by atoms with Gasteiger partial charge in [0.25, 0.3) is 0 Å². The molecule has 1 nitrogen and oxygen atoms in total. The summed E-state index contributed by atoms with van der Waals surface area (Å²) < 4.78 is 0. The van der Waals surface area contributed by atoms with E-state index in [1.807, 2.05) is 7.05 Å². The lowest BCUT2D eigenvalue weighted by molar-refractivity contribution is 0.173. The average molecular weight is 335 g/mol. The molecule has 1 rings (SSSR count). The van der Waals surface area contributed by atoms with Crippen molar-refractivity contribution < 1.29 is 0 Å². The third-order valence-electron chi connectivity index (χ3n) is 5.91. The van der Waals surface area contributed by atoms with Gasteiger partial charge >= 0.3 is 0 Å². The van der Waals surface area contributed by atoms with Crippen LogP contribution in [0.4, 0.5) is 0 Å². The monoisotopic (exact) mass is 334 g/mol. The fraction of sp³-hybridized carbons (Fsp3) is 0.913. The predicted octanol–water partition coefficient (Wildman–Crippen LogP) is 7.57. The molecular formula is C23H44N. The molecule has 0 amide bonds. The summed E-state index contributed by atoms with van der Waals surface area (Å²) in [5.41, 5.74) is 0.417. The molecule has 24 heavy (non-hydrogen) atoms. The summed E-state index contributed by atoms with van der Waals surface area (Å²) in [5, 5.41) is 4.62. The van der Waals surface area contributed by atoms with Crippen molar-refractivity contribution >= 4 is 0 Å². The minimum Gasteiger partial charge on any atom is -0.238 e. The van der Waals surface area contributed by atoms with Crippen LogP contribution in [0.15, 0.2) is 12.2 Å². The van der Waals surface area contributed by atoms with Gasteiger partial charge in [-0.15, -0.1) is 0 Å². The van der Waals surface area contributed by atoms with Crippen LogP contribution >= 0.6 is 0 Å². The van der Waals surface area contributed by atoms with Crippen molar-refractivity contribution in [2.24, 2.45) is 0 Å². The van der Waals surface area contributed by atoms with Crippen molar-refractivity contribution in [1.82, 2.24) is 5.32 Å². The lowest BCUT2D eigenvalue weighted by atomic mass is 9.73. The molecule has 1 aliphatic rings. The molecule has 0 spiro atoms. The predicted molar refractivity (Wildman–Crippen MR) is 109 cm³/mol. The molecule has 0 aromatic heterocycles. The molecule has 1 fully saturated rings. The zero-order chi connectivity index (χ0) is 17.3. The van der Waals surface area contributed by atoms with Crippen molar-refractivity contribution in [3.63, 3.8) is 0 Å². The molecule has 0 N–H and O–H groups in total. The van der Waals surface area contributed by atoms with Crippen LogP contribution in [0.1, 0.15) is 122 Å². The van der Waals surface area contributed by atoms with Gasteiger partial charge in [-0.3, -0.25) is 0 Å². The molecular weight excluding hydrogens is 290 g/mol. The summed E-state index contributed by atoms with van der Waals surface area (Å²) in [6, 6.07) is 0. The number of hydrogen-bond donors (Lipinski definition) is 0. The van der Waals surface area contributed by atoms with Gasteiger partial charge in [0.2, 0.25) is 0 Å². The van der Waals surface area contributed by atoms with Crippen molar-refractivity contribution in [2.45, 2.75) is 128 Å². The van der Waals surface area contributed by atoms with Crippen LogP contribution in [0, 0.1) is 0 Å². The maximum absolute atomic E-state index is 4.62. The van der Waals surface area contributed by atoms with Gasteiger partial charge in [0.15, 0.2) is 0 Å². The highest BCUT2D eigenvalue weighted by atomic mass is 15.0. The van der Waals surface area contributed by atoms with Crippen LogP contribution in [0.25, 0.3) is 0 Å². The molecule has 1 aliphatic carbocycles. The van der Waals surface area contributed by atoms with Crippen molar-refractivity contribution in [3.05, 3.63) is 12.2 Å².